The van der Waals surface area contributed by atoms with Gasteiger partial charge in [-0.15, -0.1) is 0 Å². The second-order valence-electron chi connectivity index (χ2n) is 4.65. The van der Waals surface area contributed by atoms with E-state index < -0.39 is 5.67 Å². The van der Waals surface area contributed by atoms with Gasteiger partial charge in [0.2, 0.25) is 0 Å². The number of ether oxygens (including phenoxy) is 1. The van der Waals surface area contributed by atoms with Gasteiger partial charge >= 0.3 is 0 Å². The lowest BCUT2D eigenvalue weighted by atomic mass is 9.92. The first-order chi connectivity index (χ1) is 7.66. The van der Waals surface area contributed by atoms with Crippen molar-refractivity contribution in [2.75, 3.05) is 19.8 Å². The van der Waals surface area contributed by atoms with Crippen LogP contribution in [0.5, 0.6) is 0 Å². The summed E-state index contributed by atoms with van der Waals surface area (Å²) in [6.07, 6.45) is 4.04. The van der Waals surface area contributed by atoms with Gasteiger partial charge in [-0.1, -0.05) is 0 Å². The number of halogens is 1. The Labute approximate surface area is 95.0 Å². The molecule has 0 aromatic carbocycles. The molecule has 0 saturated carbocycles. The lowest BCUT2D eigenvalue weighted by molar-refractivity contribution is 0.0483. The Morgan fingerprint density at radius 2 is 2.50 bits per heavy atom. The van der Waals surface area contributed by atoms with E-state index in [2.05, 4.69) is 5.32 Å². The van der Waals surface area contributed by atoms with Gasteiger partial charge in [-0.3, -0.25) is 0 Å². The highest BCUT2D eigenvalue weighted by atomic mass is 19.1. The molecular weight excluding hydrogens is 209 g/mol. The SMILES string of the molecule is CC(F)(Cc1ccoc1)CC1COCCN1. The highest BCUT2D eigenvalue weighted by Crippen LogP contribution is 2.24. The molecule has 1 saturated heterocycles. The molecule has 1 fully saturated rings. The van der Waals surface area contributed by atoms with Crippen molar-refractivity contribution in [2.45, 2.75) is 31.5 Å². The molecule has 4 heteroatoms. The molecule has 16 heavy (non-hydrogen) atoms. The van der Waals surface area contributed by atoms with Crippen molar-refractivity contribution < 1.29 is 13.5 Å². The molecule has 1 aliphatic heterocycles. The van der Waals surface area contributed by atoms with Crippen molar-refractivity contribution >= 4 is 0 Å². The zero-order chi connectivity index (χ0) is 11.4. The number of rotatable bonds is 4. The first-order valence-electron chi connectivity index (χ1n) is 5.67. The van der Waals surface area contributed by atoms with Gasteiger partial charge in [0, 0.05) is 19.0 Å². The molecule has 0 spiro atoms. The number of hydrogen-bond donors (Lipinski definition) is 1. The normalized spacial score (nSPS) is 25.2. The van der Waals surface area contributed by atoms with E-state index in [1.165, 1.54) is 0 Å². The smallest absolute Gasteiger partial charge is 0.114 e. The monoisotopic (exact) mass is 227 g/mol. The molecule has 1 aliphatic rings. The predicted molar refractivity (Wildman–Crippen MR) is 59.2 cm³/mol. The van der Waals surface area contributed by atoms with E-state index in [1.54, 1.807) is 19.5 Å². The molecule has 90 valence electrons. The molecule has 0 bridgehead atoms. The van der Waals surface area contributed by atoms with Gasteiger partial charge in [0.25, 0.3) is 0 Å². The summed E-state index contributed by atoms with van der Waals surface area (Å²) in [7, 11) is 0. The maximum atomic E-state index is 14.3. The summed E-state index contributed by atoms with van der Waals surface area (Å²) in [5, 5.41) is 3.27. The highest BCUT2D eigenvalue weighted by molar-refractivity contribution is 5.09. The van der Waals surface area contributed by atoms with Crippen LogP contribution >= 0.6 is 0 Å². The molecule has 2 unspecified atom stereocenters. The summed E-state index contributed by atoms with van der Waals surface area (Å²) in [4.78, 5) is 0. The lowest BCUT2D eigenvalue weighted by Gasteiger charge is -2.29. The van der Waals surface area contributed by atoms with Crippen LogP contribution in [0, 0.1) is 0 Å². The summed E-state index contributed by atoms with van der Waals surface area (Å²) >= 11 is 0. The number of hydrogen-bond acceptors (Lipinski definition) is 3. The second-order valence-corrected chi connectivity index (χ2v) is 4.65. The van der Waals surface area contributed by atoms with E-state index >= 15 is 0 Å². The van der Waals surface area contributed by atoms with Crippen LogP contribution in [-0.2, 0) is 11.2 Å². The van der Waals surface area contributed by atoms with E-state index in [9.17, 15) is 4.39 Å². The molecule has 1 N–H and O–H groups in total. The molecule has 1 aromatic heterocycles. The molecule has 0 aliphatic carbocycles. The zero-order valence-electron chi connectivity index (χ0n) is 9.54. The maximum absolute atomic E-state index is 14.3. The summed E-state index contributed by atoms with van der Waals surface area (Å²) in [5.74, 6) is 0. The Hall–Kier alpha value is -0.870. The van der Waals surface area contributed by atoms with Gasteiger partial charge in [0.05, 0.1) is 25.7 Å². The molecule has 2 heterocycles. The van der Waals surface area contributed by atoms with Crippen molar-refractivity contribution in [2.24, 2.45) is 0 Å². The average Bonchev–Trinajstić information content (AvgIpc) is 2.70. The summed E-state index contributed by atoms with van der Waals surface area (Å²) in [6, 6.07) is 1.93. The molecule has 0 radical (unpaired) electrons. The van der Waals surface area contributed by atoms with Crippen LogP contribution in [0.3, 0.4) is 0 Å². The van der Waals surface area contributed by atoms with Crippen molar-refractivity contribution in [1.29, 1.82) is 0 Å². The first kappa shape index (κ1) is 11.6. The summed E-state index contributed by atoms with van der Waals surface area (Å²) in [5.41, 5.74) is -0.316. The van der Waals surface area contributed by atoms with Crippen LogP contribution in [0.15, 0.2) is 23.0 Å². The number of nitrogens with one attached hydrogen (secondary N) is 1. The molecule has 3 nitrogen and oxygen atoms in total. The van der Waals surface area contributed by atoms with Gasteiger partial charge in [-0.25, -0.2) is 4.39 Å². The van der Waals surface area contributed by atoms with Crippen LogP contribution in [-0.4, -0.2) is 31.5 Å². The molecule has 1 aromatic rings. The van der Waals surface area contributed by atoms with Gasteiger partial charge < -0.3 is 14.5 Å². The highest BCUT2D eigenvalue weighted by Gasteiger charge is 2.29. The molecule has 2 rings (SSSR count). The van der Waals surface area contributed by atoms with E-state index in [4.69, 9.17) is 9.15 Å². The third-order valence-corrected chi connectivity index (χ3v) is 2.82. The standard InChI is InChI=1S/C12H18FNO2/c1-12(13,6-10-2-4-15-8-10)7-11-9-16-5-3-14-11/h2,4,8,11,14H,3,5-7,9H2,1H3. The first-order valence-corrected chi connectivity index (χ1v) is 5.67. The number of morpholine rings is 1. The molecule has 0 amide bonds. The Bertz CT molecular complexity index is 305. The Morgan fingerprint density at radius 3 is 3.12 bits per heavy atom. The van der Waals surface area contributed by atoms with Crippen LogP contribution in [0.4, 0.5) is 4.39 Å². The van der Waals surface area contributed by atoms with Crippen LogP contribution < -0.4 is 5.32 Å². The Morgan fingerprint density at radius 1 is 1.62 bits per heavy atom. The van der Waals surface area contributed by atoms with E-state index in [1.807, 2.05) is 6.07 Å². The third kappa shape index (κ3) is 3.32. The Kier molecular flexibility index (Phi) is 3.61. The lowest BCUT2D eigenvalue weighted by Crippen LogP contribution is -2.45. The summed E-state index contributed by atoms with van der Waals surface area (Å²) in [6.45, 7) is 3.77. The zero-order valence-corrected chi connectivity index (χ0v) is 9.54. The van der Waals surface area contributed by atoms with Crippen LogP contribution in [0.25, 0.3) is 0 Å². The fraction of sp³-hybridized carbons (Fsp3) is 0.667. The van der Waals surface area contributed by atoms with Gasteiger partial charge in [0.15, 0.2) is 0 Å². The summed E-state index contributed by atoms with van der Waals surface area (Å²) < 4.78 is 24.6. The minimum absolute atomic E-state index is 0.121. The molecule has 2 atom stereocenters. The number of alkyl halides is 1. The van der Waals surface area contributed by atoms with E-state index in [-0.39, 0.29) is 6.04 Å². The average molecular weight is 227 g/mol. The van der Waals surface area contributed by atoms with Gasteiger partial charge in [-0.2, -0.15) is 0 Å². The van der Waals surface area contributed by atoms with Crippen molar-refractivity contribution in [3.63, 3.8) is 0 Å². The predicted octanol–water partition coefficient (Wildman–Crippen LogP) is 1.93. The minimum atomic E-state index is -1.22. The fourth-order valence-electron chi connectivity index (χ4n) is 2.16. The Balaban J connectivity index is 1.86. The fourth-order valence-corrected chi connectivity index (χ4v) is 2.16. The van der Waals surface area contributed by atoms with Crippen LogP contribution in [0.1, 0.15) is 18.9 Å². The third-order valence-electron chi connectivity index (χ3n) is 2.82. The maximum Gasteiger partial charge on any atom is 0.114 e. The van der Waals surface area contributed by atoms with E-state index in [0.29, 0.717) is 19.4 Å². The van der Waals surface area contributed by atoms with E-state index in [0.717, 1.165) is 18.7 Å². The quantitative estimate of drug-likeness (QED) is 0.853. The molecular formula is C12H18FNO2. The van der Waals surface area contributed by atoms with Crippen LogP contribution in [0.2, 0.25) is 0 Å². The van der Waals surface area contributed by atoms with Crippen molar-refractivity contribution in [3.8, 4) is 0 Å². The largest absolute Gasteiger partial charge is 0.472 e. The second kappa shape index (κ2) is 4.97. The van der Waals surface area contributed by atoms with Gasteiger partial charge in [-0.05, 0) is 25.0 Å². The van der Waals surface area contributed by atoms with Gasteiger partial charge in [0.1, 0.15) is 5.67 Å². The topological polar surface area (TPSA) is 34.4 Å². The minimum Gasteiger partial charge on any atom is -0.472 e. The number of furan rings is 1. The van der Waals surface area contributed by atoms with Crippen molar-refractivity contribution in [1.82, 2.24) is 5.32 Å². The van der Waals surface area contributed by atoms with Crippen molar-refractivity contribution in [3.05, 3.63) is 24.2 Å².